The van der Waals surface area contributed by atoms with Crippen LogP contribution in [-0.2, 0) is 14.3 Å². The molecule has 1 aliphatic heterocycles. The number of carbonyl (C=O) groups is 2. The molecule has 0 aliphatic carbocycles. The number of rotatable bonds is 13. The molecule has 3 aromatic rings. The van der Waals surface area contributed by atoms with Gasteiger partial charge in [-0.05, 0) is 37.1 Å². The molecule has 218 valence electrons. The molecule has 0 bridgehead atoms. The average Bonchev–Trinajstić information content (AvgIpc) is 2.96. The molecule has 2 aromatic carbocycles. The Bertz CT molecular complexity index is 1380. The van der Waals surface area contributed by atoms with Crippen LogP contribution in [-0.4, -0.2) is 84.1 Å². The van der Waals surface area contributed by atoms with Gasteiger partial charge in [0.05, 0.1) is 36.7 Å². The van der Waals surface area contributed by atoms with E-state index in [2.05, 4.69) is 54.5 Å². The summed E-state index contributed by atoms with van der Waals surface area (Å²) in [5.74, 6) is 0.152. The number of nitrogens with zero attached hydrogens (tertiary/aromatic N) is 4. The minimum Gasteiger partial charge on any atom is -0.491 e. The number of benzene rings is 2. The highest BCUT2D eigenvalue weighted by Crippen LogP contribution is 2.35. The SMILES string of the molecule is C=CC(=O)Nc1cc2c(-c3cccc(Br)c3)nc(N)nc2cc1OCCCN1CCN(CC(=O)OCCCC)CC1. The van der Waals surface area contributed by atoms with Crippen LogP contribution in [0.5, 0.6) is 5.75 Å². The van der Waals surface area contributed by atoms with E-state index in [1.165, 1.54) is 6.08 Å². The van der Waals surface area contributed by atoms with E-state index in [4.69, 9.17) is 15.2 Å². The van der Waals surface area contributed by atoms with Gasteiger partial charge in [-0.1, -0.05) is 48.0 Å². The lowest BCUT2D eigenvalue weighted by atomic mass is 10.1. The number of hydrogen-bond donors (Lipinski definition) is 2. The standard InChI is InChI=1S/C30H37BrN6O4/c1-3-5-15-41-28(39)20-37-13-11-36(12-14-37)10-7-16-40-26-19-24-23(18-25(26)33-27(38)4-2)29(35-30(32)34-24)21-8-6-9-22(31)17-21/h4,6,8-9,17-19H,2-3,5,7,10-16,20H2,1H3,(H,33,38)(H2,32,34,35). The van der Waals surface area contributed by atoms with Crippen molar-refractivity contribution in [1.82, 2.24) is 19.8 Å². The second-order valence-corrected chi connectivity index (χ2v) is 10.8. The van der Waals surface area contributed by atoms with Crippen molar-refractivity contribution < 1.29 is 19.1 Å². The third-order valence-corrected chi connectivity index (χ3v) is 7.30. The number of unbranched alkanes of at least 4 members (excludes halogenated alkanes) is 1. The van der Waals surface area contributed by atoms with Crippen LogP contribution < -0.4 is 15.8 Å². The zero-order valence-electron chi connectivity index (χ0n) is 23.4. The molecule has 1 aliphatic rings. The van der Waals surface area contributed by atoms with E-state index in [1.807, 2.05) is 30.3 Å². The van der Waals surface area contributed by atoms with E-state index in [9.17, 15) is 9.59 Å². The number of esters is 1. The van der Waals surface area contributed by atoms with Crippen molar-refractivity contribution in [3.05, 3.63) is 53.5 Å². The number of ether oxygens (including phenoxy) is 2. The number of carbonyl (C=O) groups excluding carboxylic acids is 2. The lowest BCUT2D eigenvalue weighted by Gasteiger charge is -2.34. The van der Waals surface area contributed by atoms with Gasteiger partial charge in [-0.25, -0.2) is 9.97 Å². The maximum Gasteiger partial charge on any atom is 0.320 e. The van der Waals surface area contributed by atoms with E-state index in [-0.39, 0.29) is 17.8 Å². The molecule has 1 aromatic heterocycles. The largest absolute Gasteiger partial charge is 0.491 e. The molecule has 0 spiro atoms. The summed E-state index contributed by atoms with van der Waals surface area (Å²) < 4.78 is 12.3. The Kier molecular flexibility index (Phi) is 11.1. The van der Waals surface area contributed by atoms with Crippen molar-refractivity contribution in [2.45, 2.75) is 26.2 Å². The number of amides is 1. The molecule has 2 heterocycles. The highest BCUT2D eigenvalue weighted by molar-refractivity contribution is 9.10. The number of anilines is 2. The van der Waals surface area contributed by atoms with Gasteiger partial charge < -0.3 is 25.4 Å². The summed E-state index contributed by atoms with van der Waals surface area (Å²) in [5, 5.41) is 3.58. The highest BCUT2D eigenvalue weighted by atomic mass is 79.9. The summed E-state index contributed by atoms with van der Waals surface area (Å²) in [4.78, 5) is 37.6. The van der Waals surface area contributed by atoms with Gasteiger partial charge >= 0.3 is 5.97 Å². The van der Waals surface area contributed by atoms with Crippen LogP contribution in [0.4, 0.5) is 11.6 Å². The zero-order chi connectivity index (χ0) is 29.2. The van der Waals surface area contributed by atoms with Gasteiger partial charge in [-0.15, -0.1) is 0 Å². The predicted octanol–water partition coefficient (Wildman–Crippen LogP) is 4.50. The number of nitrogens with one attached hydrogen (secondary N) is 1. The Morgan fingerprint density at radius 3 is 2.61 bits per heavy atom. The first kappa shape index (κ1) is 30.4. The highest BCUT2D eigenvalue weighted by Gasteiger charge is 2.20. The first-order valence-electron chi connectivity index (χ1n) is 13.9. The minimum atomic E-state index is -0.346. The summed E-state index contributed by atoms with van der Waals surface area (Å²) in [6, 6.07) is 11.3. The van der Waals surface area contributed by atoms with Crippen LogP contribution in [0, 0.1) is 0 Å². The first-order valence-corrected chi connectivity index (χ1v) is 14.7. The molecule has 1 fully saturated rings. The van der Waals surface area contributed by atoms with Gasteiger partial charge in [0.15, 0.2) is 0 Å². The predicted molar refractivity (Wildman–Crippen MR) is 165 cm³/mol. The van der Waals surface area contributed by atoms with Crippen LogP contribution >= 0.6 is 15.9 Å². The van der Waals surface area contributed by atoms with E-state index in [0.29, 0.717) is 42.4 Å². The molecule has 1 saturated heterocycles. The van der Waals surface area contributed by atoms with Crippen molar-refractivity contribution in [2.75, 3.05) is 63.5 Å². The summed E-state index contributed by atoms with van der Waals surface area (Å²) in [5.41, 5.74) is 8.70. The van der Waals surface area contributed by atoms with Crippen LogP contribution in [0.25, 0.3) is 22.2 Å². The maximum absolute atomic E-state index is 12.2. The molecule has 0 radical (unpaired) electrons. The topological polar surface area (TPSA) is 123 Å². The second-order valence-electron chi connectivity index (χ2n) is 9.89. The van der Waals surface area contributed by atoms with Crippen LogP contribution in [0.3, 0.4) is 0 Å². The van der Waals surface area contributed by atoms with Crippen LogP contribution in [0.15, 0.2) is 53.5 Å². The first-order chi connectivity index (χ1) is 19.9. The Labute approximate surface area is 249 Å². The van der Waals surface area contributed by atoms with Gasteiger partial charge in [0.2, 0.25) is 11.9 Å². The number of halogens is 1. The fourth-order valence-electron chi connectivity index (χ4n) is 4.63. The Hall–Kier alpha value is -3.54. The van der Waals surface area contributed by atoms with E-state index < -0.39 is 0 Å². The fourth-order valence-corrected chi connectivity index (χ4v) is 5.03. The van der Waals surface area contributed by atoms with Crippen molar-refractivity contribution in [3.8, 4) is 17.0 Å². The molecule has 11 heteroatoms. The normalized spacial score (nSPS) is 14.1. The molecule has 3 N–H and O–H groups in total. The van der Waals surface area contributed by atoms with Gasteiger partial charge in [-0.2, -0.15) is 0 Å². The Balaban J connectivity index is 1.38. The number of aromatic nitrogens is 2. The Morgan fingerprint density at radius 1 is 1.10 bits per heavy atom. The lowest BCUT2D eigenvalue weighted by molar-refractivity contribution is -0.145. The van der Waals surface area contributed by atoms with Gasteiger partial charge in [-0.3, -0.25) is 14.5 Å². The molecule has 0 unspecified atom stereocenters. The van der Waals surface area contributed by atoms with Crippen molar-refractivity contribution in [3.63, 3.8) is 0 Å². The summed E-state index contributed by atoms with van der Waals surface area (Å²) >= 11 is 3.51. The average molecular weight is 626 g/mol. The van der Waals surface area contributed by atoms with Gasteiger partial charge in [0.25, 0.3) is 0 Å². The fraction of sp³-hybridized carbons (Fsp3) is 0.400. The number of fused-ring (bicyclic) bond motifs is 1. The van der Waals surface area contributed by atoms with E-state index >= 15 is 0 Å². The zero-order valence-corrected chi connectivity index (χ0v) is 25.0. The molecular weight excluding hydrogens is 588 g/mol. The smallest absolute Gasteiger partial charge is 0.320 e. The molecule has 4 rings (SSSR count). The third-order valence-electron chi connectivity index (χ3n) is 6.81. The number of nitrogens with two attached hydrogens (primary N) is 1. The van der Waals surface area contributed by atoms with Crippen LogP contribution in [0.1, 0.15) is 26.2 Å². The number of piperazine rings is 1. The summed E-state index contributed by atoms with van der Waals surface area (Å²) in [6.45, 7) is 11.2. The summed E-state index contributed by atoms with van der Waals surface area (Å²) in [7, 11) is 0. The molecule has 0 saturated carbocycles. The quantitative estimate of drug-likeness (QED) is 0.161. The van der Waals surface area contributed by atoms with Crippen LogP contribution in [0.2, 0.25) is 0 Å². The molecule has 10 nitrogen and oxygen atoms in total. The monoisotopic (exact) mass is 624 g/mol. The van der Waals surface area contributed by atoms with Crippen molar-refractivity contribution in [2.24, 2.45) is 0 Å². The van der Waals surface area contributed by atoms with E-state index in [0.717, 1.165) is 67.4 Å². The second kappa shape index (κ2) is 14.9. The third kappa shape index (κ3) is 8.72. The molecule has 41 heavy (non-hydrogen) atoms. The minimum absolute atomic E-state index is 0.147. The van der Waals surface area contributed by atoms with Crippen molar-refractivity contribution in [1.29, 1.82) is 0 Å². The van der Waals surface area contributed by atoms with Crippen molar-refractivity contribution >= 4 is 50.3 Å². The molecular formula is C30H37BrN6O4. The number of hydrogen-bond acceptors (Lipinski definition) is 9. The molecule has 1 amide bonds. The maximum atomic E-state index is 12.2. The lowest BCUT2D eigenvalue weighted by Crippen LogP contribution is -2.48. The molecule has 0 atom stereocenters. The van der Waals surface area contributed by atoms with E-state index in [1.54, 1.807) is 6.07 Å². The van der Waals surface area contributed by atoms with Gasteiger partial charge in [0, 0.05) is 54.2 Å². The van der Waals surface area contributed by atoms with Gasteiger partial charge in [0.1, 0.15) is 5.75 Å². The Morgan fingerprint density at radius 2 is 1.88 bits per heavy atom. The summed E-state index contributed by atoms with van der Waals surface area (Å²) in [6.07, 6.45) is 3.92. The number of nitrogen functional groups attached to an aromatic ring is 1.